The molecule has 1 aromatic carbocycles. The molecule has 0 spiro atoms. The summed E-state index contributed by atoms with van der Waals surface area (Å²) in [7, 11) is 0. The lowest BCUT2D eigenvalue weighted by Gasteiger charge is -2.27. The van der Waals surface area contributed by atoms with Crippen molar-refractivity contribution in [1.82, 2.24) is 0 Å². The molecule has 0 N–H and O–H groups in total. The van der Waals surface area contributed by atoms with E-state index in [1.807, 2.05) is 0 Å². The van der Waals surface area contributed by atoms with E-state index in [-0.39, 0.29) is 16.8 Å². The Balaban J connectivity index is 2.55. The maximum absolute atomic E-state index is 12.1. The molecule has 0 radical (unpaired) electrons. The quantitative estimate of drug-likeness (QED) is 0.314. The van der Waals surface area contributed by atoms with E-state index in [0.717, 1.165) is 18.4 Å². The zero-order valence-electron chi connectivity index (χ0n) is 18.9. The van der Waals surface area contributed by atoms with Crippen molar-refractivity contribution < 1.29 is 9.53 Å². The molecule has 0 saturated heterocycles. The van der Waals surface area contributed by atoms with Crippen LogP contribution in [0.25, 0.3) is 0 Å². The molecule has 0 aliphatic heterocycles. The second-order valence-electron chi connectivity index (χ2n) is 9.90. The summed E-state index contributed by atoms with van der Waals surface area (Å²) in [5, 5.41) is 0. The van der Waals surface area contributed by atoms with E-state index in [9.17, 15) is 4.79 Å². The number of benzene rings is 1. The fourth-order valence-corrected chi connectivity index (χ4v) is 3.32. The van der Waals surface area contributed by atoms with Gasteiger partial charge in [-0.25, -0.2) is 0 Å². The van der Waals surface area contributed by atoms with Gasteiger partial charge in [0.25, 0.3) is 0 Å². The molecule has 2 heteroatoms. The Morgan fingerprint density at radius 1 is 0.852 bits per heavy atom. The van der Waals surface area contributed by atoms with Crippen LogP contribution < -0.4 is 0 Å². The fourth-order valence-electron chi connectivity index (χ4n) is 3.32. The van der Waals surface area contributed by atoms with Gasteiger partial charge in [-0.15, -0.1) is 0 Å². The Morgan fingerprint density at radius 3 is 2.00 bits per heavy atom. The van der Waals surface area contributed by atoms with Crippen LogP contribution >= 0.6 is 0 Å². The number of carbonyl (C=O) groups excluding carboxylic acids is 1. The molecule has 0 bridgehead atoms. The van der Waals surface area contributed by atoms with Crippen LogP contribution in [0.2, 0.25) is 0 Å². The average molecular weight is 375 g/mol. The molecule has 0 aromatic heterocycles. The van der Waals surface area contributed by atoms with Crippen LogP contribution in [0.15, 0.2) is 18.2 Å². The number of unbranched alkanes of at least 4 members (excludes halogenated alkanes) is 6. The highest BCUT2D eigenvalue weighted by atomic mass is 16.5. The third kappa shape index (κ3) is 8.95. The van der Waals surface area contributed by atoms with Crippen molar-refractivity contribution in [2.45, 2.75) is 117 Å². The summed E-state index contributed by atoms with van der Waals surface area (Å²) in [4.78, 5) is 12.1. The second-order valence-corrected chi connectivity index (χ2v) is 9.90. The molecular weight excluding hydrogens is 332 g/mol. The normalized spacial score (nSPS) is 12.3. The van der Waals surface area contributed by atoms with E-state index in [0.29, 0.717) is 13.0 Å². The first-order chi connectivity index (χ1) is 12.6. The average Bonchev–Trinajstić information content (AvgIpc) is 2.57. The Labute approximate surface area is 168 Å². The van der Waals surface area contributed by atoms with Crippen LogP contribution in [0.5, 0.6) is 0 Å². The molecule has 1 rings (SSSR count). The smallest absolute Gasteiger partial charge is 0.306 e. The Hall–Kier alpha value is -1.31. The van der Waals surface area contributed by atoms with E-state index in [4.69, 9.17) is 4.74 Å². The van der Waals surface area contributed by atoms with Crippen LogP contribution in [-0.4, -0.2) is 5.97 Å². The summed E-state index contributed by atoms with van der Waals surface area (Å²) >= 11 is 0. The summed E-state index contributed by atoms with van der Waals surface area (Å²) in [5.74, 6) is -0.0664. The lowest BCUT2D eigenvalue weighted by atomic mass is 9.78. The molecule has 0 atom stereocenters. The summed E-state index contributed by atoms with van der Waals surface area (Å²) in [5.41, 5.74) is 3.88. The van der Waals surface area contributed by atoms with Crippen molar-refractivity contribution in [3.8, 4) is 0 Å². The van der Waals surface area contributed by atoms with Gasteiger partial charge in [-0.1, -0.05) is 105 Å². The van der Waals surface area contributed by atoms with Gasteiger partial charge in [-0.3, -0.25) is 4.79 Å². The van der Waals surface area contributed by atoms with Gasteiger partial charge >= 0.3 is 5.97 Å². The van der Waals surface area contributed by atoms with Crippen LogP contribution in [0.1, 0.15) is 117 Å². The highest BCUT2D eigenvalue weighted by Gasteiger charge is 2.22. The third-order valence-electron chi connectivity index (χ3n) is 5.16. The summed E-state index contributed by atoms with van der Waals surface area (Å²) in [6, 6.07) is 6.61. The molecule has 2 nitrogen and oxygen atoms in total. The van der Waals surface area contributed by atoms with Crippen molar-refractivity contribution in [1.29, 1.82) is 0 Å². The van der Waals surface area contributed by atoms with E-state index in [1.54, 1.807) is 0 Å². The monoisotopic (exact) mass is 374 g/mol. The zero-order chi connectivity index (χ0) is 20.5. The molecule has 0 aliphatic carbocycles. The molecule has 0 amide bonds. The number of hydrogen-bond acceptors (Lipinski definition) is 2. The largest absolute Gasteiger partial charge is 0.461 e. The van der Waals surface area contributed by atoms with Crippen molar-refractivity contribution in [2.24, 2.45) is 0 Å². The molecule has 0 aliphatic rings. The highest BCUT2D eigenvalue weighted by Crippen LogP contribution is 2.32. The SMILES string of the molecule is CCCCCCCCCC(=O)OCc1ccc(C(C)(C)C)cc1C(C)(C)C. The van der Waals surface area contributed by atoms with Gasteiger partial charge in [0.2, 0.25) is 0 Å². The molecule has 154 valence electrons. The summed E-state index contributed by atoms with van der Waals surface area (Å²) in [6.07, 6.45) is 9.06. The van der Waals surface area contributed by atoms with Gasteiger partial charge in [0.15, 0.2) is 0 Å². The first-order valence-electron chi connectivity index (χ1n) is 10.8. The van der Waals surface area contributed by atoms with E-state index >= 15 is 0 Å². The number of carbonyl (C=O) groups is 1. The van der Waals surface area contributed by atoms with Crippen molar-refractivity contribution in [3.05, 3.63) is 34.9 Å². The van der Waals surface area contributed by atoms with E-state index < -0.39 is 0 Å². The first-order valence-corrected chi connectivity index (χ1v) is 10.8. The number of hydrogen-bond donors (Lipinski definition) is 0. The molecule has 27 heavy (non-hydrogen) atoms. The minimum atomic E-state index is -0.0664. The summed E-state index contributed by atoms with van der Waals surface area (Å²) < 4.78 is 5.60. The minimum absolute atomic E-state index is 0.0293. The first kappa shape index (κ1) is 23.7. The van der Waals surface area contributed by atoms with Crippen molar-refractivity contribution >= 4 is 5.97 Å². The third-order valence-corrected chi connectivity index (χ3v) is 5.16. The topological polar surface area (TPSA) is 26.3 Å². The Morgan fingerprint density at radius 2 is 1.44 bits per heavy atom. The number of esters is 1. The maximum atomic E-state index is 12.1. The van der Waals surface area contributed by atoms with Crippen LogP contribution in [-0.2, 0) is 27.0 Å². The van der Waals surface area contributed by atoms with Crippen LogP contribution in [0.4, 0.5) is 0 Å². The number of rotatable bonds is 10. The molecule has 1 aromatic rings. The fraction of sp³-hybridized carbons (Fsp3) is 0.720. The lowest BCUT2D eigenvalue weighted by molar-refractivity contribution is -0.145. The van der Waals surface area contributed by atoms with Gasteiger partial charge in [0.05, 0.1) is 0 Å². The molecular formula is C25H42O2. The molecule has 0 saturated carbocycles. The minimum Gasteiger partial charge on any atom is -0.461 e. The Kier molecular flexibility index (Phi) is 9.56. The van der Waals surface area contributed by atoms with Gasteiger partial charge < -0.3 is 4.74 Å². The second kappa shape index (κ2) is 10.9. The standard InChI is InChI=1S/C25H42O2/c1-8-9-10-11-12-13-14-15-23(26)27-19-20-16-17-21(24(2,3)4)18-22(20)25(5,6)7/h16-18H,8-15,19H2,1-7H3. The lowest BCUT2D eigenvalue weighted by Crippen LogP contribution is -2.19. The molecule has 0 heterocycles. The highest BCUT2D eigenvalue weighted by molar-refractivity contribution is 5.69. The predicted molar refractivity (Wildman–Crippen MR) is 116 cm³/mol. The van der Waals surface area contributed by atoms with Gasteiger partial charge in [-0.2, -0.15) is 0 Å². The van der Waals surface area contributed by atoms with Crippen LogP contribution in [0.3, 0.4) is 0 Å². The van der Waals surface area contributed by atoms with E-state index in [2.05, 4.69) is 66.7 Å². The van der Waals surface area contributed by atoms with Gasteiger partial charge in [0, 0.05) is 6.42 Å². The number of ether oxygens (including phenoxy) is 1. The van der Waals surface area contributed by atoms with Crippen LogP contribution in [0, 0.1) is 0 Å². The molecule has 0 unspecified atom stereocenters. The van der Waals surface area contributed by atoms with Crippen molar-refractivity contribution in [3.63, 3.8) is 0 Å². The summed E-state index contributed by atoms with van der Waals surface area (Å²) in [6.45, 7) is 16.0. The molecule has 0 fully saturated rings. The van der Waals surface area contributed by atoms with E-state index in [1.165, 1.54) is 43.2 Å². The van der Waals surface area contributed by atoms with Crippen molar-refractivity contribution in [2.75, 3.05) is 0 Å². The van der Waals surface area contributed by atoms with Gasteiger partial charge in [-0.05, 0) is 33.9 Å². The zero-order valence-corrected chi connectivity index (χ0v) is 18.9. The van der Waals surface area contributed by atoms with Gasteiger partial charge in [0.1, 0.15) is 6.61 Å². The maximum Gasteiger partial charge on any atom is 0.306 e. The Bertz CT molecular complexity index is 573. The predicted octanol–water partition coefficient (Wildman–Crippen LogP) is 7.47.